The summed E-state index contributed by atoms with van der Waals surface area (Å²) in [5.74, 6) is 0.760. The first-order chi connectivity index (χ1) is 8.97. The maximum absolute atomic E-state index is 6.02. The number of aromatic nitrogens is 2. The maximum Gasteiger partial charge on any atom is 0.151 e. The number of allylic oxidation sites excluding steroid dienone is 1. The molecular weight excluding hydrogens is 236 g/mol. The first kappa shape index (κ1) is 15.5. The zero-order chi connectivity index (χ0) is 14.4. The number of nitrogens with two attached hydrogens (primary N) is 1. The molecule has 0 bridgehead atoms. The second-order valence-corrected chi connectivity index (χ2v) is 5.22. The summed E-state index contributed by atoms with van der Waals surface area (Å²) >= 11 is 0. The average molecular weight is 262 g/mol. The molecule has 0 amide bonds. The lowest BCUT2D eigenvalue weighted by atomic mass is 10.2. The van der Waals surface area contributed by atoms with Gasteiger partial charge in [-0.3, -0.25) is 0 Å². The topological polar surface area (TPSA) is 56.2 Å². The van der Waals surface area contributed by atoms with Gasteiger partial charge in [-0.05, 0) is 19.3 Å². The lowest BCUT2D eigenvalue weighted by Gasteiger charge is -2.07. The van der Waals surface area contributed by atoms with Crippen LogP contribution in [-0.2, 0) is 6.54 Å². The fourth-order valence-electron chi connectivity index (χ4n) is 1.79. The molecule has 0 fully saturated rings. The molecule has 1 rings (SSSR count). The Bertz CT molecular complexity index is 455. The van der Waals surface area contributed by atoms with Gasteiger partial charge in [0.05, 0.1) is 6.33 Å². The SMILES string of the molecule is C=C(N=C(N)c1ncn(CCCCC)c1C)C(C)C. The van der Waals surface area contributed by atoms with Crippen LogP contribution in [0, 0.1) is 12.8 Å². The van der Waals surface area contributed by atoms with Gasteiger partial charge in [-0.2, -0.15) is 0 Å². The van der Waals surface area contributed by atoms with Gasteiger partial charge in [-0.25, -0.2) is 9.98 Å². The zero-order valence-corrected chi connectivity index (χ0v) is 12.6. The van der Waals surface area contributed by atoms with Gasteiger partial charge in [0, 0.05) is 17.9 Å². The monoisotopic (exact) mass is 262 g/mol. The van der Waals surface area contributed by atoms with Crippen LogP contribution in [0.4, 0.5) is 0 Å². The molecule has 0 aliphatic heterocycles. The Kier molecular flexibility index (Phi) is 5.80. The lowest BCUT2D eigenvalue weighted by Crippen LogP contribution is -2.16. The molecule has 0 atom stereocenters. The summed E-state index contributed by atoms with van der Waals surface area (Å²) < 4.78 is 2.14. The van der Waals surface area contributed by atoms with Crippen LogP contribution in [0.2, 0.25) is 0 Å². The molecule has 0 aromatic carbocycles. The van der Waals surface area contributed by atoms with E-state index in [4.69, 9.17) is 5.73 Å². The van der Waals surface area contributed by atoms with E-state index in [0.29, 0.717) is 11.8 Å². The highest BCUT2D eigenvalue weighted by Gasteiger charge is 2.11. The minimum Gasteiger partial charge on any atom is -0.382 e. The molecule has 0 unspecified atom stereocenters. The van der Waals surface area contributed by atoms with Gasteiger partial charge >= 0.3 is 0 Å². The molecular formula is C15H26N4. The minimum atomic E-state index is 0.297. The number of unbranched alkanes of at least 4 members (excludes halogenated alkanes) is 2. The molecule has 2 N–H and O–H groups in total. The Morgan fingerprint density at radius 1 is 1.47 bits per heavy atom. The van der Waals surface area contributed by atoms with Crippen molar-refractivity contribution in [3.05, 3.63) is 30.0 Å². The van der Waals surface area contributed by atoms with Crippen molar-refractivity contribution in [3.63, 3.8) is 0 Å². The van der Waals surface area contributed by atoms with Gasteiger partial charge in [0.1, 0.15) is 5.69 Å². The van der Waals surface area contributed by atoms with E-state index in [0.717, 1.165) is 23.6 Å². The number of amidine groups is 1. The number of rotatable bonds is 7. The van der Waals surface area contributed by atoms with Crippen LogP contribution < -0.4 is 5.73 Å². The highest BCUT2D eigenvalue weighted by Crippen LogP contribution is 2.12. The molecule has 0 saturated heterocycles. The average Bonchev–Trinajstić information content (AvgIpc) is 2.71. The first-order valence-corrected chi connectivity index (χ1v) is 7.02. The summed E-state index contributed by atoms with van der Waals surface area (Å²) in [6.07, 6.45) is 5.48. The van der Waals surface area contributed by atoms with Crippen molar-refractivity contribution in [1.29, 1.82) is 0 Å². The van der Waals surface area contributed by atoms with E-state index >= 15 is 0 Å². The number of aryl methyl sites for hydroxylation is 1. The molecule has 4 heteroatoms. The minimum absolute atomic E-state index is 0.297. The van der Waals surface area contributed by atoms with Crippen molar-refractivity contribution < 1.29 is 0 Å². The Balaban J connectivity index is 2.82. The second kappa shape index (κ2) is 7.12. The molecule has 4 nitrogen and oxygen atoms in total. The van der Waals surface area contributed by atoms with Gasteiger partial charge in [-0.1, -0.05) is 40.2 Å². The highest BCUT2D eigenvalue weighted by molar-refractivity contribution is 5.97. The quantitative estimate of drug-likeness (QED) is 0.466. The van der Waals surface area contributed by atoms with E-state index in [9.17, 15) is 0 Å². The first-order valence-electron chi connectivity index (χ1n) is 7.02. The third kappa shape index (κ3) is 4.23. The summed E-state index contributed by atoms with van der Waals surface area (Å²) in [6, 6.07) is 0. The third-order valence-electron chi connectivity index (χ3n) is 3.28. The fourth-order valence-corrected chi connectivity index (χ4v) is 1.79. The summed E-state index contributed by atoms with van der Waals surface area (Å²) in [6.45, 7) is 13.2. The second-order valence-electron chi connectivity index (χ2n) is 5.22. The van der Waals surface area contributed by atoms with Crippen molar-refractivity contribution in [2.24, 2.45) is 16.6 Å². The van der Waals surface area contributed by atoms with Crippen LogP contribution in [0.3, 0.4) is 0 Å². The molecule has 1 heterocycles. The largest absolute Gasteiger partial charge is 0.382 e. The Morgan fingerprint density at radius 3 is 2.74 bits per heavy atom. The van der Waals surface area contributed by atoms with Gasteiger partial charge in [0.25, 0.3) is 0 Å². The molecule has 0 saturated carbocycles. The number of imidazole rings is 1. The predicted molar refractivity (Wildman–Crippen MR) is 81.2 cm³/mol. The predicted octanol–water partition coefficient (Wildman–Crippen LogP) is 3.26. The summed E-state index contributed by atoms with van der Waals surface area (Å²) in [5.41, 5.74) is 8.66. The number of hydrogen-bond donors (Lipinski definition) is 1. The normalized spacial score (nSPS) is 12.2. The van der Waals surface area contributed by atoms with Crippen molar-refractivity contribution in [2.75, 3.05) is 0 Å². The molecule has 19 heavy (non-hydrogen) atoms. The number of hydrogen-bond acceptors (Lipinski definition) is 2. The van der Waals surface area contributed by atoms with Crippen LogP contribution in [-0.4, -0.2) is 15.4 Å². The van der Waals surface area contributed by atoms with E-state index in [1.807, 2.05) is 13.3 Å². The van der Waals surface area contributed by atoms with Gasteiger partial charge in [0.2, 0.25) is 0 Å². The van der Waals surface area contributed by atoms with E-state index < -0.39 is 0 Å². The van der Waals surface area contributed by atoms with E-state index in [1.165, 1.54) is 19.3 Å². The van der Waals surface area contributed by atoms with E-state index in [-0.39, 0.29) is 0 Å². The third-order valence-corrected chi connectivity index (χ3v) is 3.28. The van der Waals surface area contributed by atoms with Crippen LogP contribution in [0.15, 0.2) is 23.6 Å². The Hall–Kier alpha value is -1.58. The molecule has 0 aliphatic rings. The molecule has 0 radical (unpaired) electrons. The van der Waals surface area contributed by atoms with E-state index in [1.54, 1.807) is 0 Å². The smallest absolute Gasteiger partial charge is 0.151 e. The molecule has 0 aliphatic carbocycles. The maximum atomic E-state index is 6.02. The molecule has 1 aromatic rings. The van der Waals surface area contributed by atoms with Crippen molar-refractivity contribution in [3.8, 4) is 0 Å². The number of aliphatic imine (C=N–C) groups is 1. The van der Waals surface area contributed by atoms with Crippen molar-refractivity contribution >= 4 is 5.84 Å². The highest BCUT2D eigenvalue weighted by atomic mass is 15.1. The zero-order valence-electron chi connectivity index (χ0n) is 12.6. The van der Waals surface area contributed by atoms with E-state index in [2.05, 4.69) is 41.9 Å². The summed E-state index contributed by atoms with van der Waals surface area (Å²) in [4.78, 5) is 8.71. The van der Waals surface area contributed by atoms with Gasteiger partial charge in [-0.15, -0.1) is 0 Å². The van der Waals surface area contributed by atoms with Crippen molar-refractivity contribution in [1.82, 2.24) is 9.55 Å². The lowest BCUT2D eigenvalue weighted by molar-refractivity contribution is 0.592. The molecule has 1 aromatic heterocycles. The summed E-state index contributed by atoms with van der Waals surface area (Å²) in [5, 5.41) is 0. The Labute approximate surface area is 116 Å². The Morgan fingerprint density at radius 2 is 2.16 bits per heavy atom. The molecule has 106 valence electrons. The number of nitrogens with zero attached hydrogens (tertiary/aromatic N) is 3. The van der Waals surface area contributed by atoms with Crippen molar-refractivity contribution in [2.45, 2.75) is 53.5 Å². The van der Waals surface area contributed by atoms with Gasteiger partial charge < -0.3 is 10.3 Å². The summed E-state index contributed by atoms with van der Waals surface area (Å²) in [7, 11) is 0. The van der Waals surface area contributed by atoms with Crippen LogP contribution in [0.25, 0.3) is 0 Å². The molecule has 0 spiro atoms. The van der Waals surface area contributed by atoms with Crippen LogP contribution >= 0.6 is 0 Å². The van der Waals surface area contributed by atoms with Gasteiger partial charge in [0.15, 0.2) is 5.84 Å². The standard InChI is InChI=1S/C15H26N4/c1-6-7-8-9-19-10-17-14(13(19)5)15(16)18-12(4)11(2)3/h10-11H,4,6-9H2,1-3,5H3,(H2,16,18). The van der Waals surface area contributed by atoms with Crippen LogP contribution in [0.5, 0.6) is 0 Å². The van der Waals surface area contributed by atoms with Crippen LogP contribution in [0.1, 0.15) is 51.4 Å². The fraction of sp³-hybridized carbons (Fsp3) is 0.600.